The zero-order valence-electron chi connectivity index (χ0n) is 21.1. The van der Waals surface area contributed by atoms with E-state index in [1.807, 2.05) is 19.2 Å². The molecule has 0 bridgehead atoms. The number of likely N-dealkylation sites (N-methyl/N-ethyl adjacent to an activating group) is 1. The molecule has 0 spiro atoms. The van der Waals surface area contributed by atoms with Gasteiger partial charge in [0, 0.05) is 52.1 Å². The summed E-state index contributed by atoms with van der Waals surface area (Å²) in [4.78, 5) is 17.9. The molecule has 1 aromatic carbocycles. The van der Waals surface area contributed by atoms with E-state index in [-0.39, 0.29) is 17.8 Å². The van der Waals surface area contributed by atoms with Crippen LogP contribution in [0.2, 0.25) is 0 Å². The first kappa shape index (κ1) is 25.5. The number of ether oxygens (including phenoxy) is 1. The molecule has 0 unspecified atom stereocenters. The van der Waals surface area contributed by atoms with Gasteiger partial charge in [-0.05, 0) is 43.4 Å². The maximum atomic E-state index is 13.2. The Balaban J connectivity index is 1.13. The van der Waals surface area contributed by atoms with Crippen molar-refractivity contribution in [2.45, 2.75) is 50.7 Å². The van der Waals surface area contributed by atoms with Gasteiger partial charge in [0.1, 0.15) is 18.2 Å². The van der Waals surface area contributed by atoms with Crippen LogP contribution in [0.25, 0.3) is 0 Å². The summed E-state index contributed by atoms with van der Waals surface area (Å²) in [7, 11) is 1.83. The predicted octanol–water partition coefficient (Wildman–Crippen LogP) is 2.83. The summed E-state index contributed by atoms with van der Waals surface area (Å²) in [6.07, 6.45) is -1.83. The Bertz CT molecular complexity index is 1140. The minimum absolute atomic E-state index is 0.138. The lowest BCUT2D eigenvalue weighted by molar-refractivity contribution is -0.147. The third-order valence-corrected chi connectivity index (χ3v) is 7.56. The van der Waals surface area contributed by atoms with Crippen LogP contribution in [0, 0.1) is 0 Å². The molecule has 37 heavy (non-hydrogen) atoms. The van der Waals surface area contributed by atoms with E-state index in [4.69, 9.17) is 4.74 Å². The monoisotopic (exact) mass is 519 g/mol. The zero-order valence-corrected chi connectivity index (χ0v) is 21.1. The lowest BCUT2D eigenvalue weighted by atomic mass is 9.89. The number of likely N-dealkylation sites (tertiary alicyclic amines) is 1. The number of alkyl halides is 3. The number of halogens is 3. The van der Waals surface area contributed by atoms with Gasteiger partial charge in [0.2, 0.25) is 5.91 Å². The van der Waals surface area contributed by atoms with Crippen LogP contribution in [0.4, 0.5) is 13.2 Å². The van der Waals surface area contributed by atoms with Crippen molar-refractivity contribution in [3.63, 3.8) is 0 Å². The molecular formula is C25H32F3N7O2. The lowest BCUT2D eigenvalue weighted by Gasteiger charge is -2.35. The summed E-state index contributed by atoms with van der Waals surface area (Å²) in [5.74, 6) is 1.16. The van der Waals surface area contributed by atoms with E-state index in [1.165, 1.54) is 5.56 Å². The van der Waals surface area contributed by atoms with Crippen LogP contribution < -0.4 is 4.74 Å². The van der Waals surface area contributed by atoms with E-state index < -0.39 is 12.0 Å². The molecule has 1 amide bonds. The summed E-state index contributed by atoms with van der Waals surface area (Å²) < 4.78 is 46.5. The van der Waals surface area contributed by atoms with E-state index in [9.17, 15) is 18.0 Å². The van der Waals surface area contributed by atoms with Crippen LogP contribution >= 0.6 is 0 Å². The van der Waals surface area contributed by atoms with E-state index >= 15 is 0 Å². The fourth-order valence-corrected chi connectivity index (χ4v) is 5.14. The van der Waals surface area contributed by atoms with Gasteiger partial charge in [-0.25, -0.2) is 0 Å². The topological polar surface area (TPSA) is 79.1 Å². The first-order valence-corrected chi connectivity index (χ1v) is 12.7. The van der Waals surface area contributed by atoms with E-state index in [0.29, 0.717) is 37.7 Å². The number of aromatic nitrogens is 3. The van der Waals surface area contributed by atoms with Gasteiger partial charge >= 0.3 is 6.18 Å². The van der Waals surface area contributed by atoms with Gasteiger partial charge in [-0.2, -0.15) is 22.9 Å². The van der Waals surface area contributed by atoms with Gasteiger partial charge in [-0.15, -0.1) is 10.2 Å². The average molecular weight is 520 g/mol. The van der Waals surface area contributed by atoms with Gasteiger partial charge in [0.05, 0.1) is 6.54 Å². The first-order chi connectivity index (χ1) is 17.7. The fraction of sp³-hybridized carbons (Fsp3) is 0.600. The highest BCUT2D eigenvalue weighted by atomic mass is 19.4. The molecule has 4 heterocycles. The molecule has 3 aliphatic rings. The van der Waals surface area contributed by atoms with Crippen LogP contribution in [0.3, 0.4) is 0 Å². The highest BCUT2D eigenvalue weighted by Crippen LogP contribution is 2.32. The minimum Gasteiger partial charge on any atom is -0.492 e. The largest absolute Gasteiger partial charge is 0.492 e. The maximum absolute atomic E-state index is 13.2. The zero-order chi connectivity index (χ0) is 26.2. The highest BCUT2D eigenvalue weighted by Gasteiger charge is 2.40. The quantitative estimate of drug-likeness (QED) is 0.605. The van der Waals surface area contributed by atoms with Crippen molar-refractivity contribution in [2.75, 3.05) is 46.4 Å². The number of piperidine rings is 1. The summed E-state index contributed by atoms with van der Waals surface area (Å²) in [5, 5.41) is 11.2. The number of rotatable bonds is 5. The molecule has 0 N–H and O–H groups in total. The van der Waals surface area contributed by atoms with Crippen molar-refractivity contribution in [1.29, 1.82) is 0 Å². The van der Waals surface area contributed by atoms with Crippen molar-refractivity contribution < 1.29 is 22.7 Å². The van der Waals surface area contributed by atoms with Gasteiger partial charge in [-0.1, -0.05) is 12.1 Å². The van der Waals surface area contributed by atoms with E-state index in [1.54, 1.807) is 4.90 Å². The third kappa shape index (κ3) is 5.58. The molecular weight excluding hydrogens is 487 g/mol. The summed E-state index contributed by atoms with van der Waals surface area (Å²) >= 11 is 0. The van der Waals surface area contributed by atoms with Crippen LogP contribution in [0.1, 0.15) is 49.3 Å². The molecule has 1 atom stereocenters. The second-order valence-corrected chi connectivity index (χ2v) is 10.0. The predicted molar refractivity (Wildman–Crippen MR) is 130 cm³/mol. The molecule has 5 rings (SSSR count). The second kappa shape index (κ2) is 10.3. The third-order valence-electron chi connectivity index (χ3n) is 7.56. The molecule has 2 fully saturated rings. The first-order valence-electron chi connectivity index (χ1n) is 12.7. The standard InChI is InChI=1S/C25H32F3N7O2/c1-17(34-14-13-32(2)23(36)15-34)16-37-20-5-3-18(4-6-20)19-9-11-33(12-10-19)22-8-7-21-29-30-24(25(26,27)28)35(21)31-22/h3-6,17,19H,7-16H2,1-2H3/t17-/m1/s1. The van der Waals surface area contributed by atoms with Gasteiger partial charge in [-0.3, -0.25) is 9.69 Å². The van der Waals surface area contributed by atoms with Crippen molar-refractivity contribution in [3.8, 4) is 5.75 Å². The number of amides is 1. The Morgan fingerprint density at radius 1 is 1.05 bits per heavy atom. The number of aryl methyl sites for hydroxylation is 1. The molecule has 2 saturated heterocycles. The number of hydrogen-bond donors (Lipinski definition) is 0. The van der Waals surface area contributed by atoms with E-state index in [0.717, 1.165) is 49.4 Å². The Morgan fingerprint density at radius 2 is 1.78 bits per heavy atom. The van der Waals surface area contributed by atoms with Gasteiger partial charge in [0.15, 0.2) is 5.82 Å². The van der Waals surface area contributed by atoms with Crippen LogP contribution in [0.5, 0.6) is 5.75 Å². The molecule has 12 heteroatoms. The molecule has 3 aliphatic heterocycles. The fourth-order valence-electron chi connectivity index (χ4n) is 5.14. The number of piperazine rings is 1. The molecule has 9 nitrogen and oxygen atoms in total. The molecule has 0 radical (unpaired) electrons. The number of carbonyl (C=O) groups excluding carboxylic acids is 1. The Morgan fingerprint density at radius 3 is 2.46 bits per heavy atom. The number of hydrogen-bond acceptors (Lipinski definition) is 7. The van der Waals surface area contributed by atoms with Crippen LogP contribution in [-0.4, -0.2) is 93.7 Å². The Kier molecular flexibility index (Phi) is 7.11. The smallest absolute Gasteiger partial charge is 0.453 e. The molecule has 0 saturated carbocycles. The van der Waals surface area contributed by atoms with Crippen LogP contribution in [-0.2, 0) is 17.4 Å². The van der Waals surface area contributed by atoms with Crippen molar-refractivity contribution in [1.82, 2.24) is 29.6 Å². The number of benzene rings is 1. The normalized spacial score (nSPS) is 20.6. The molecule has 0 aliphatic carbocycles. The Hall–Kier alpha value is -3.15. The Labute approximate surface area is 213 Å². The summed E-state index contributed by atoms with van der Waals surface area (Å²) in [5.41, 5.74) is 1.23. The van der Waals surface area contributed by atoms with Crippen molar-refractivity contribution >= 4 is 11.7 Å². The lowest BCUT2D eigenvalue weighted by Crippen LogP contribution is -2.52. The molecule has 2 aromatic rings. The summed E-state index contributed by atoms with van der Waals surface area (Å²) in [6, 6.07) is 8.31. The van der Waals surface area contributed by atoms with Crippen molar-refractivity contribution in [2.24, 2.45) is 5.10 Å². The van der Waals surface area contributed by atoms with Crippen molar-refractivity contribution in [3.05, 3.63) is 41.5 Å². The van der Waals surface area contributed by atoms with E-state index in [2.05, 4.69) is 44.2 Å². The summed E-state index contributed by atoms with van der Waals surface area (Å²) in [6.45, 7) is 6.08. The van der Waals surface area contributed by atoms with Crippen LogP contribution in [0.15, 0.2) is 29.4 Å². The molecule has 1 aromatic heterocycles. The number of fused-ring (bicyclic) bond motifs is 1. The minimum atomic E-state index is -4.58. The number of carbonyl (C=O) groups is 1. The second-order valence-electron chi connectivity index (χ2n) is 10.0. The van der Waals surface area contributed by atoms with Gasteiger partial charge < -0.3 is 14.5 Å². The maximum Gasteiger partial charge on any atom is 0.453 e. The average Bonchev–Trinajstić information content (AvgIpc) is 3.33. The molecule has 200 valence electrons. The number of amidine groups is 1. The highest BCUT2D eigenvalue weighted by molar-refractivity contribution is 5.83. The SMILES string of the molecule is C[C@H](COc1ccc(C2CCN(C3=Nn4c(nnc4C(F)(F)F)CC3)CC2)cc1)N1CCN(C)C(=O)C1. The number of nitrogens with zero attached hydrogens (tertiary/aromatic N) is 7. The van der Waals surface area contributed by atoms with Gasteiger partial charge in [0.25, 0.3) is 5.82 Å².